The van der Waals surface area contributed by atoms with Crippen molar-refractivity contribution in [3.8, 4) is 0 Å². The van der Waals surface area contributed by atoms with Crippen molar-refractivity contribution in [1.82, 2.24) is 5.32 Å². The van der Waals surface area contributed by atoms with Crippen LogP contribution in [0.1, 0.15) is 26.2 Å². The number of rotatable bonds is 8. The quantitative estimate of drug-likeness (QED) is 0.391. The van der Waals surface area contributed by atoms with Gasteiger partial charge >= 0.3 is 17.9 Å². The van der Waals surface area contributed by atoms with Crippen molar-refractivity contribution in [2.75, 3.05) is 6.54 Å². The maximum Gasteiger partial charge on any atom is 0.330 e. The van der Waals surface area contributed by atoms with Crippen LogP contribution >= 0.6 is 0 Å². The zero-order valence-electron chi connectivity index (χ0n) is 12.4. The summed E-state index contributed by atoms with van der Waals surface area (Å²) in [6, 6.07) is -0.894. The second-order valence-corrected chi connectivity index (χ2v) is 5.48. The number of allylic oxidation sites excluding steroid dienone is 1. The molecule has 3 atom stereocenters. The molecule has 0 spiro atoms. The Kier molecular flexibility index (Phi) is 6.30. The molecule has 0 aromatic rings. The van der Waals surface area contributed by atoms with E-state index in [1.165, 1.54) is 6.92 Å². The molecule has 0 amide bonds. The molecule has 1 heterocycles. The van der Waals surface area contributed by atoms with Gasteiger partial charge in [0, 0.05) is 18.0 Å². The summed E-state index contributed by atoms with van der Waals surface area (Å²) in [5, 5.41) is 29.7. The highest BCUT2D eigenvalue weighted by atomic mass is 16.4. The molecular weight excluding hydrogens is 290 g/mol. The third-order valence-corrected chi connectivity index (χ3v) is 3.96. The van der Waals surface area contributed by atoms with Crippen molar-refractivity contribution in [3.05, 3.63) is 23.8 Å². The summed E-state index contributed by atoms with van der Waals surface area (Å²) in [4.78, 5) is 32.8. The number of carbonyl (C=O) groups is 3. The molecule has 0 aliphatic carbocycles. The number of carboxylic acids is 3. The second kappa shape index (κ2) is 7.74. The van der Waals surface area contributed by atoms with E-state index in [0.29, 0.717) is 19.4 Å². The van der Waals surface area contributed by atoms with Crippen LogP contribution in [0.5, 0.6) is 0 Å². The van der Waals surface area contributed by atoms with Gasteiger partial charge in [0.25, 0.3) is 0 Å². The fourth-order valence-corrected chi connectivity index (χ4v) is 2.72. The Bertz CT molecular complexity index is 510. The summed E-state index contributed by atoms with van der Waals surface area (Å²) in [5.74, 6) is -3.88. The molecule has 0 unspecified atom stereocenters. The van der Waals surface area contributed by atoms with Crippen LogP contribution in [-0.2, 0) is 14.4 Å². The van der Waals surface area contributed by atoms with Gasteiger partial charge in [-0.1, -0.05) is 18.2 Å². The Morgan fingerprint density at radius 1 is 1.27 bits per heavy atom. The van der Waals surface area contributed by atoms with E-state index in [1.54, 1.807) is 6.08 Å². The molecule has 0 saturated carbocycles. The molecule has 7 heteroatoms. The first-order valence-corrected chi connectivity index (χ1v) is 6.99. The first kappa shape index (κ1) is 17.9. The fraction of sp³-hybridized carbons (Fsp3) is 0.533. The molecule has 0 radical (unpaired) electrons. The lowest BCUT2D eigenvalue weighted by molar-refractivity contribution is -0.142. The van der Waals surface area contributed by atoms with Crippen molar-refractivity contribution >= 4 is 17.9 Å². The van der Waals surface area contributed by atoms with Gasteiger partial charge in [0.05, 0.1) is 6.42 Å². The SMILES string of the molecule is C=C(CCC=C(C)C(=O)O)[C@H]1CN[C@H](C(=O)O)[C@H]1CC(=O)O. The summed E-state index contributed by atoms with van der Waals surface area (Å²) >= 11 is 0. The van der Waals surface area contributed by atoms with E-state index in [1.807, 2.05) is 0 Å². The maximum absolute atomic E-state index is 11.2. The van der Waals surface area contributed by atoms with Crippen LogP contribution in [-0.4, -0.2) is 45.8 Å². The predicted octanol–water partition coefficient (Wildman–Crippen LogP) is 1.12. The molecule has 1 saturated heterocycles. The third kappa shape index (κ3) is 4.70. The second-order valence-electron chi connectivity index (χ2n) is 5.48. The highest BCUT2D eigenvalue weighted by Crippen LogP contribution is 2.33. The van der Waals surface area contributed by atoms with Crippen molar-refractivity contribution in [2.24, 2.45) is 11.8 Å². The highest BCUT2D eigenvalue weighted by molar-refractivity contribution is 5.85. The number of nitrogens with one attached hydrogen (secondary N) is 1. The minimum atomic E-state index is -1.07. The van der Waals surface area contributed by atoms with E-state index in [0.717, 1.165) is 5.57 Å². The number of hydrogen-bond acceptors (Lipinski definition) is 4. The van der Waals surface area contributed by atoms with Gasteiger partial charge in [-0.05, 0) is 25.7 Å². The molecule has 1 aliphatic rings. The molecule has 0 aromatic heterocycles. The summed E-state index contributed by atoms with van der Waals surface area (Å²) in [6.07, 6.45) is 2.32. The van der Waals surface area contributed by atoms with Crippen molar-refractivity contribution in [1.29, 1.82) is 0 Å². The zero-order chi connectivity index (χ0) is 16.9. The van der Waals surface area contributed by atoms with E-state index < -0.39 is 29.9 Å². The van der Waals surface area contributed by atoms with Crippen LogP contribution in [0.25, 0.3) is 0 Å². The lowest BCUT2D eigenvalue weighted by Gasteiger charge is -2.21. The van der Waals surface area contributed by atoms with Gasteiger partial charge in [-0.2, -0.15) is 0 Å². The van der Waals surface area contributed by atoms with Crippen LogP contribution in [0.15, 0.2) is 23.8 Å². The Labute approximate surface area is 128 Å². The van der Waals surface area contributed by atoms with E-state index in [-0.39, 0.29) is 17.9 Å². The van der Waals surface area contributed by atoms with E-state index >= 15 is 0 Å². The summed E-state index contributed by atoms with van der Waals surface area (Å²) in [5.41, 5.74) is 0.986. The Morgan fingerprint density at radius 3 is 2.41 bits per heavy atom. The largest absolute Gasteiger partial charge is 0.481 e. The minimum Gasteiger partial charge on any atom is -0.481 e. The van der Waals surface area contributed by atoms with Crippen molar-refractivity contribution in [2.45, 2.75) is 32.2 Å². The molecule has 4 N–H and O–H groups in total. The van der Waals surface area contributed by atoms with Gasteiger partial charge in [-0.25, -0.2) is 4.79 Å². The summed E-state index contributed by atoms with van der Waals surface area (Å²) in [6.45, 7) is 5.79. The lowest BCUT2D eigenvalue weighted by atomic mass is 9.82. The fourth-order valence-electron chi connectivity index (χ4n) is 2.72. The number of carboxylic acid groups (broad SMARTS) is 3. The van der Waals surface area contributed by atoms with Crippen LogP contribution < -0.4 is 5.32 Å². The molecule has 1 fully saturated rings. The van der Waals surface area contributed by atoms with Crippen LogP contribution in [0, 0.1) is 11.8 Å². The Balaban J connectivity index is 2.70. The zero-order valence-corrected chi connectivity index (χ0v) is 12.4. The minimum absolute atomic E-state index is 0.238. The van der Waals surface area contributed by atoms with Gasteiger partial charge in [0.15, 0.2) is 0 Å². The number of hydrogen-bond donors (Lipinski definition) is 4. The monoisotopic (exact) mass is 311 g/mol. The smallest absolute Gasteiger partial charge is 0.330 e. The molecule has 1 aliphatic heterocycles. The van der Waals surface area contributed by atoms with Gasteiger partial charge in [0.1, 0.15) is 6.04 Å². The van der Waals surface area contributed by atoms with Gasteiger partial charge in [-0.3, -0.25) is 9.59 Å². The van der Waals surface area contributed by atoms with Crippen LogP contribution in [0.4, 0.5) is 0 Å². The maximum atomic E-state index is 11.2. The molecule has 122 valence electrons. The lowest BCUT2D eigenvalue weighted by Crippen LogP contribution is -2.36. The van der Waals surface area contributed by atoms with E-state index in [2.05, 4.69) is 11.9 Å². The van der Waals surface area contributed by atoms with E-state index in [4.69, 9.17) is 15.3 Å². The molecule has 0 bridgehead atoms. The standard InChI is InChI=1S/C15H21NO6/c1-8(4-3-5-9(2)14(19)20)11-7-16-13(15(21)22)10(11)6-12(17)18/h5,10-11,13,16H,1,3-4,6-7H2,2H3,(H,17,18)(H,19,20)(H,21,22)/t10-,11+,13-/m0/s1. The average Bonchev–Trinajstić information content (AvgIpc) is 2.81. The average molecular weight is 311 g/mol. The molecular formula is C15H21NO6. The first-order chi connectivity index (χ1) is 10.2. The van der Waals surface area contributed by atoms with Crippen LogP contribution in [0.2, 0.25) is 0 Å². The molecule has 0 aromatic carbocycles. The summed E-state index contributed by atoms with van der Waals surface area (Å²) in [7, 11) is 0. The molecule has 1 rings (SSSR count). The number of aliphatic carboxylic acids is 3. The van der Waals surface area contributed by atoms with E-state index in [9.17, 15) is 14.4 Å². The molecule has 7 nitrogen and oxygen atoms in total. The normalized spacial score (nSPS) is 25.0. The van der Waals surface area contributed by atoms with Crippen LogP contribution in [0.3, 0.4) is 0 Å². The van der Waals surface area contributed by atoms with Crippen molar-refractivity contribution < 1.29 is 29.7 Å². The summed E-state index contributed by atoms with van der Waals surface area (Å²) < 4.78 is 0. The topological polar surface area (TPSA) is 124 Å². The first-order valence-electron chi connectivity index (χ1n) is 6.99. The predicted molar refractivity (Wildman–Crippen MR) is 78.4 cm³/mol. The Hall–Kier alpha value is -2.15. The van der Waals surface area contributed by atoms with Gasteiger partial charge in [-0.15, -0.1) is 0 Å². The van der Waals surface area contributed by atoms with Crippen molar-refractivity contribution in [3.63, 3.8) is 0 Å². The third-order valence-electron chi connectivity index (χ3n) is 3.96. The molecule has 22 heavy (non-hydrogen) atoms. The van der Waals surface area contributed by atoms with Gasteiger partial charge in [0.2, 0.25) is 0 Å². The van der Waals surface area contributed by atoms with Gasteiger partial charge < -0.3 is 20.6 Å². The highest BCUT2D eigenvalue weighted by Gasteiger charge is 2.41. The Morgan fingerprint density at radius 2 is 1.91 bits per heavy atom.